The van der Waals surface area contributed by atoms with Crippen molar-refractivity contribution in [3.05, 3.63) is 0 Å². The van der Waals surface area contributed by atoms with Gasteiger partial charge in [0, 0.05) is 13.1 Å². The molecule has 2 aliphatic rings. The fraction of sp³-hybridized carbons (Fsp3) is 0.767. The first-order valence-corrected chi connectivity index (χ1v) is 17.5. The Morgan fingerprint density at radius 1 is 0.830 bits per heavy atom. The number of nitrogens with two attached hydrogens (primary N) is 1. The van der Waals surface area contributed by atoms with Gasteiger partial charge in [0.2, 0.25) is 35.4 Å². The quantitative estimate of drug-likeness (QED) is 0.0897. The minimum Gasteiger partial charge on any atom is -0.480 e. The summed E-state index contributed by atoms with van der Waals surface area (Å²) in [6.45, 7) is 6.24. The van der Waals surface area contributed by atoms with Crippen LogP contribution in [0.5, 0.6) is 0 Å². The number of carbonyl (C=O) groups excluding carboxylic acids is 6. The minimum absolute atomic E-state index is 0.225. The Morgan fingerprint density at radius 3 is 1.91 bits per heavy atom. The molecule has 8 atom stereocenters. The number of aliphatic carboxylic acids is 1. The fourth-order valence-electron chi connectivity index (χ4n) is 5.60. The molecule has 2 heterocycles. The molecular formula is C30H51N7O9S. The van der Waals surface area contributed by atoms with Crippen LogP contribution in [-0.2, 0) is 33.6 Å². The zero-order valence-electron chi connectivity index (χ0n) is 27.8. The number of carbonyl (C=O) groups is 7. The van der Waals surface area contributed by atoms with E-state index in [1.807, 2.05) is 13.2 Å². The van der Waals surface area contributed by atoms with Crippen LogP contribution in [0.2, 0.25) is 0 Å². The summed E-state index contributed by atoms with van der Waals surface area (Å²) in [5.74, 6) is -4.57. The molecule has 47 heavy (non-hydrogen) atoms. The van der Waals surface area contributed by atoms with Crippen LogP contribution in [0.4, 0.5) is 0 Å². The maximum atomic E-state index is 13.5. The second-order valence-corrected chi connectivity index (χ2v) is 13.2. The highest BCUT2D eigenvalue weighted by molar-refractivity contribution is 7.98. The maximum Gasteiger partial charge on any atom is 0.326 e. The summed E-state index contributed by atoms with van der Waals surface area (Å²) in [5.41, 5.74) is 5.60. The first-order chi connectivity index (χ1) is 22.2. The van der Waals surface area contributed by atoms with E-state index in [0.29, 0.717) is 37.9 Å². The lowest BCUT2D eigenvalue weighted by Gasteiger charge is -2.33. The second kappa shape index (κ2) is 18.8. The van der Waals surface area contributed by atoms with Gasteiger partial charge in [-0.25, -0.2) is 4.79 Å². The number of aliphatic hydroxyl groups is 1. The van der Waals surface area contributed by atoms with Crippen LogP contribution in [0.3, 0.4) is 0 Å². The molecule has 0 aliphatic carbocycles. The molecule has 266 valence electrons. The standard InChI is InChI=1S/C30H51N7O9S/c1-6-16(2)23(29(44)37-13-8-10-22(37)30(45)46)35-27(42)21-9-7-12-36(21)28(43)18(4)32-26(41)20(15-38)34-25(40)19(11-14-47-5)33-24(39)17(3)31/h16-23,38H,6-15,31H2,1-5H3,(H,32,41)(H,33,39)(H,34,40)(H,35,42)(H,45,46)/t16-,17-,18-,19-,20-,21-,22-,23-/m0/s1. The van der Waals surface area contributed by atoms with Crippen molar-refractivity contribution in [2.75, 3.05) is 31.7 Å². The van der Waals surface area contributed by atoms with Crippen LogP contribution in [-0.4, -0.2) is 135 Å². The predicted molar refractivity (Wildman–Crippen MR) is 174 cm³/mol. The highest BCUT2D eigenvalue weighted by atomic mass is 32.2. The number of hydrogen-bond acceptors (Lipinski definition) is 10. The average Bonchev–Trinajstić information content (AvgIpc) is 3.73. The Bertz CT molecular complexity index is 1160. The first kappa shape index (κ1) is 39.7. The largest absolute Gasteiger partial charge is 0.480 e. The van der Waals surface area contributed by atoms with Crippen molar-refractivity contribution in [2.24, 2.45) is 11.7 Å². The lowest BCUT2D eigenvalue weighted by atomic mass is 9.96. The number of nitrogens with zero attached hydrogens (tertiary/aromatic N) is 2. The molecule has 0 saturated carbocycles. The third-order valence-electron chi connectivity index (χ3n) is 8.64. The van der Waals surface area contributed by atoms with Crippen molar-refractivity contribution in [3.8, 4) is 0 Å². The summed E-state index contributed by atoms with van der Waals surface area (Å²) in [7, 11) is 0. The number of nitrogens with one attached hydrogen (secondary N) is 4. The molecule has 2 rings (SSSR count). The minimum atomic E-state index is -1.43. The van der Waals surface area contributed by atoms with Crippen LogP contribution >= 0.6 is 11.8 Å². The number of carboxylic acids is 1. The molecule has 8 N–H and O–H groups in total. The van der Waals surface area contributed by atoms with Gasteiger partial charge in [0.05, 0.1) is 12.6 Å². The van der Waals surface area contributed by atoms with Gasteiger partial charge >= 0.3 is 5.97 Å². The summed E-state index contributed by atoms with van der Waals surface area (Å²) in [6, 6.07) is -7.29. The summed E-state index contributed by atoms with van der Waals surface area (Å²) in [6.07, 6.45) is 4.31. The number of hydrogen-bond donors (Lipinski definition) is 7. The van der Waals surface area contributed by atoms with E-state index < -0.39 is 90.3 Å². The van der Waals surface area contributed by atoms with E-state index in [4.69, 9.17) is 5.73 Å². The summed E-state index contributed by atoms with van der Waals surface area (Å²) in [5, 5.41) is 29.7. The van der Waals surface area contributed by atoms with E-state index in [1.54, 1.807) is 6.92 Å². The molecule has 0 aromatic heterocycles. The van der Waals surface area contributed by atoms with Gasteiger partial charge in [-0.15, -0.1) is 0 Å². The summed E-state index contributed by atoms with van der Waals surface area (Å²) < 4.78 is 0. The fourth-order valence-corrected chi connectivity index (χ4v) is 6.07. The van der Waals surface area contributed by atoms with Crippen molar-refractivity contribution < 1.29 is 43.8 Å². The monoisotopic (exact) mass is 685 g/mol. The van der Waals surface area contributed by atoms with Gasteiger partial charge in [-0.3, -0.25) is 28.8 Å². The van der Waals surface area contributed by atoms with Gasteiger partial charge in [0.1, 0.15) is 36.3 Å². The average molecular weight is 686 g/mol. The van der Waals surface area contributed by atoms with Gasteiger partial charge in [-0.1, -0.05) is 20.3 Å². The van der Waals surface area contributed by atoms with Gasteiger partial charge < -0.3 is 47.0 Å². The first-order valence-electron chi connectivity index (χ1n) is 16.1. The molecule has 2 fully saturated rings. The number of amides is 6. The van der Waals surface area contributed by atoms with E-state index in [9.17, 15) is 43.8 Å². The predicted octanol–water partition coefficient (Wildman–Crippen LogP) is -1.85. The molecule has 2 saturated heterocycles. The molecule has 0 aromatic carbocycles. The second-order valence-electron chi connectivity index (χ2n) is 12.2. The Morgan fingerprint density at radius 2 is 1.38 bits per heavy atom. The smallest absolute Gasteiger partial charge is 0.326 e. The van der Waals surface area contributed by atoms with E-state index >= 15 is 0 Å². The lowest BCUT2D eigenvalue weighted by molar-refractivity contribution is -0.150. The zero-order valence-corrected chi connectivity index (χ0v) is 28.6. The topological polar surface area (TPSA) is 241 Å². The van der Waals surface area contributed by atoms with Gasteiger partial charge in [0.25, 0.3) is 0 Å². The highest BCUT2D eigenvalue weighted by Gasteiger charge is 2.42. The van der Waals surface area contributed by atoms with Crippen molar-refractivity contribution in [2.45, 2.75) is 109 Å². The van der Waals surface area contributed by atoms with Crippen molar-refractivity contribution >= 4 is 53.2 Å². The van der Waals surface area contributed by atoms with E-state index in [0.717, 1.165) is 0 Å². The van der Waals surface area contributed by atoms with Crippen molar-refractivity contribution in [3.63, 3.8) is 0 Å². The molecule has 0 radical (unpaired) electrons. The Hall–Kier alpha value is -3.44. The van der Waals surface area contributed by atoms with E-state index in [2.05, 4.69) is 21.3 Å². The normalized spacial score (nSPS) is 21.5. The van der Waals surface area contributed by atoms with Crippen LogP contribution in [0.25, 0.3) is 0 Å². The molecule has 16 nitrogen and oxygen atoms in total. The molecule has 6 amide bonds. The van der Waals surface area contributed by atoms with Crippen molar-refractivity contribution in [1.82, 2.24) is 31.1 Å². The molecule has 0 bridgehead atoms. The number of thioether (sulfide) groups is 1. The Balaban J connectivity index is 2.08. The number of aliphatic hydroxyl groups excluding tert-OH is 1. The Kier molecular flexibility index (Phi) is 15.9. The SMILES string of the molecule is CC[C@H](C)[C@H](NC(=O)[C@@H]1CCCN1C(=O)[C@H](C)NC(=O)[C@H](CO)NC(=O)[C@H](CCSC)NC(=O)[C@H](C)N)C(=O)N1CCC[C@H]1C(=O)O. The van der Waals surface area contributed by atoms with Crippen LogP contribution in [0.1, 0.15) is 66.2 Å². The van der Waals surface area contributed by atoms with Gasteiger partial charge in [-0.2, -0.15) is 11.8 Å². The molecule has 2 aliphatic heterocycles. The summed E-state index contributed by atoms with van der Waals surface area (Å²) >= 11 is 1.45. The lowest BCUT2D eigenvalue weighted by Crippen LogP contribution is -2.60. The highest BCUT2D eigenvalue weighted by Crippen LogP contribution is 2.23. The number of rotatable bonds is 17. The van der Waals surface area contributed by atoms with E-state index in [1.165, 1.54) is 35.4 Å². The summed E-state index contributed by atoms with van der Waals surface area (Å²) in [4.78, 5) is 92.8. The van der Waals surface area contributed by atoms with Crippen molar-refractivity contribution in [1.29, 1.82) is 0 Å². The van der Waals surface area contributed by atoms with Crippen LogP contribution < -0.4 is 27.0 Å². The molecule has 0 unspecified atom stereocenters. The van der Waals surface area contributed by atoms with Gasteiger partial charge in [-0.05, 0) is 63.9 Å². The number of likely N-dealkylation sites (tertiary alicyclic amines) is 2. The third kappa shape index (κ3) is 10.8. The molecular weight excluding hydrogens is 634 g/mol. The number of carboxylic acid groups (broad SMARTS) is 1. The molecule has 0 spiro atoms. The van der Waals surface area contributed by atoms with Gasteiger partial charge in [0.15, 0.2) is 0 Å². The van der Waals surface area contributed by atoms with Crippen LogP contribution in [0, 0.1) is 5.92 Å². The molecule has 17 heteroatoms. The maximum absolute atomic E-state index is 13.5. The zero-order chi connectivity index (χ0) is 35.4. The van der Waals surface area contributed by atoms with E-state index in [-0.39, 0.29) is 25.4 Å². The Labute approximate surface area is 279 Å². The third-order valence-corrected chi connectivity index (χ3v) is 9.28. The van der Waals surface area contributed by atoms with Crippen LogP contribution in [0.15, 0.2) is 0 Å². The molecule has 0 aromatic rings.